The molecule has 1 N–H and O–H groups in total. The first-order chi connectivity index (χ1) is 4.52. The van der Waals surface area contributed by atoms with Crippen molar-refractivity contribution in [2.45, 2.75) is 40.2 Å². The maximum absolute atomic E-state index is 3.55. The molecule has 1 nitrogen and oxygen atoms in total. The Morgan fingerprint density at radius 1 is 1.50 bits per heavy atom. The Bertz CT molecular complexity index is 116. The Morgan fingerprint density at radius 2 is 2.00 bits per heavy atom. The minimum atomic E-state index is 0.592. The SMILES string of the molecule is CC(C)CNC1CC1(C)C. The molecule has 0 amide bonds. The van der Waals surface area contributed by atoms with E-state index in [0.29, 0.717) is 5.41 Å². The zero-order valence-electron chi connectivity index (χ0n) is 7.57. The smallest absolute Gasteiger partial charge is 0.0125 e. The predicted molar refractivity (Wildman–Crippen MR) is 45.0 cm³/mol. The van der Waals surface area contributed by atoms with Crippen molar-refractivity contribution in [1.82, 2.24) is 5.32 Å². The largest absolute Gasteiger partial charge is 0.313 e. The first-order valence-corrected chi connectivity index (χ1v) is 4.26. The van der Waals surface area contributed by atoms with E-state index in [-0.39, 0.29) is 0 Å². The molecule has 0 radical (unpaired) electrons. The second kappa shape index (κ2) is 2.54. The second-order valence-corrected chi connectivity index (χ2v) is 4.55. The van der Waals surface area contributed by atoms with Crippen molar-refractivity contribution >= 4 is 0 Å². The number of hydrogen-bond acceptors (Lipinski definition) is 1. The fourth-order valence-electron chi connectivity index (χ4n) is 1.19. The van der Waals surface area contributed by atoms with E-state index in [1.54, 1.807) is 0 Å². The Kier molecular flexibility index (Phi) is 2.04. The molecule has 0 heterocycles. The summed E-state index contributed by atoms with van der Waals surface area (Å²) in [6.45, 7) is 10.3. The molecule has 0 aromatic heterocycles. The van der Waals surface area contributed by atoms with Crippen molar-refractivity contribution in [3.8, 4) is 0 Å². The van der Waals surface area contributed by atoms with E-state index in [9.17, 15) is 0 Å². The topological polar surface area (TPSA) is 12.0 Å². The number of nitrogens with one attached hydrogen (secondary N) is 1. The molecule has 0 spiro atoms. The lowest BCUT2D eigenvalue weighted by Gasteiger charge is -2.08. The first-order valence-electron chi connectivity index (χ1n) is 4.26. The van der Waals surface area contributed by atoms with Crippen LogP contribution in [0.4, 0.5) is 0 Å². The highest BCUT2D eigenvalue weighted by Crippen LogP contribution is 2.44. The number of rotatable bonds is 3. The van der Waals surface area contributed by atoms with E-state index in [1.807, 2.05) is 0 Å². The van der Waals surface area contributed by atoms with Gasteiger partial charge in [-0.05, 0) is 24.3 Å². The van der Waals surface area contributed by atoms with E-state index in [0.717, 1.165) is 12.0 Å². The summed E-state index contributed by atoms with van der Waals surface area (Å²) in [6.07, 6.45) is 1.36. The van der Waals surface area contributed by atoms with Gasteiger partial charge < -0.3 is 5.32 Å². The van der Waals surface area contributed by atoms with E-state index >= 15 is 0 Å². The average molecular weight is 141 g/mol. The molecule has 1 fully saturated rings. The van der Waals surface area contributed by atoms with Crippen molar-refractivity contribution in [3.63, 3.8) is 0 Å². The normalized spacial score (nSPS) is 29.1. The standard InChI is InChI=1S/C9H19N/c1-7(2)6-10-8-5-9(8,3)4/h7-8,10H,5-6H2,1-4H3. The van der Waals surface area contributed by atoms with Crippen LogP contribution in [0.5, 0.6) is 0 Å². The van der Waals surface area contributed by atoms with E-state index in [2.05, 4.69) is 33.0 Å². The Morgan fingerprint density at radius 3 is 2.30 bits per heavy atom. The molecule has 1 unspecified atom stereocenters. The van der Waals surface area contributed by atoms with Crippen LogP contribution >= 0.6 is 0 Å². The summed E-state index contributed by atoms with van der Waals surface area (Å²) in [5, 5.41) is 3.55. The maximum atomic E-state index is 3.55. The van der Waals surface area contributed by atoms with Crippen LogP contribution in [0.15, 0.2) is 0 Å². The van der Waals surface area contributed by atoms with Crippen molar-refractivity contribution < 1.29 is 0 Å². The maximum Gasteiger partial charge on any atom is 0.0125 e. The molecule has 0 bridgehead atoms. The van der Waals surface area contributed by atoms with Crippen LogP contribution in [-0.4, -0.2) is 12.6 Å². The predicted octanol–water partition coefficient (Wildman–Crippen LogP) is 2.03. The summed E-state index contributed by atoms with van der Waals surface area (Å²) in [4.78, 5) is 0. The van der Waals surface area contributed by atoms with Gasteiger partial charge >= 0.3 is 0 Å². The third-order valence-corrected chi connectivity index (χ3v) is 2.29. The van der Waals surface area contributed by atoms with Crippen LogP contribution < -0.4 is 5.32 Å². The van der Waals surface area contributed by atoms with Crippen LogP contribution in [0.3, 0.4) is 0 Å². The van der Waals surface area contributed by atoms with Crippen molar-refractivity contribution in [2.24, 2.45) is 11.3 Å². The Labute approximate surface area is 64.2 Å². The highest BCUT2D eigenvalue weighted by atomic mass is 15.0. The monoisotopic (exact) mass is 141 g/mol. The lowest BCUT2D eigenvalue weighted by atomic mass is 10.2. The molecule has 10 heavy (non-hydrogen) atoms. The molecule has 0 aromatic rings. The Hall–Kier alpha value is -0.0400. The summed E-state index contributed by atoms with van der Waals surface area (Å²) >= 11 is 0. The molecular formula is C9H19N. The Balaban J connectivity index is 2.07. The summed E-state index contributed by atoms with van der Waals surface area (Å²) in [7, 11) is 0. The lowest BCUT2D eigenvalue weighted by molar-refractivity contribution is 0.494. The minimum absolute atomic E-state index is 0.592. The molecule has 1 heteroatoms. The number of hydrogen-bond donors (Lipinski definition) is 1. The van der Waals surface area contributed by atoms with E-state index in [1.165, 1.54) is 13.0 Å². The van der Waals surface area contributed by atoms with Crippen molar-refractivity contribution in [2.75, 3.05) is 6.54 Å². The third kappa shape index (κ3) is 1.98. The molecule has 1 atom stereocenters. The molecule has 60 valence electrons. The molecule has 1 saturated carbocycles. The summed E-state index contributed by atoms with van der Waals surface area (Å²) in [5.74, 6) is 0.788. The van der Waals surface area contributed by atoms with Gasteiger partial charge in [0.25, 0.3) is 0 Å². The van der Waals surface area contributed by atoms with Gasteiger partial charge in [0.2, 0.25) is 0 Å². The quantitative estimate of drug-likeness (QED) is 0.634. The van der Waals surface area contributed by atoms with Gasteiger partial charge in [-0.3, -0.25) is 0 Å². The zero-order chi connectivity index (χ0) is 7.78. The lowest BCUT2D eigenvalue weighted by Crippen LogP contribution is -2.24. The fraction of sp³-hybridized carbons (Fsp3) is 1.00. The molecule has 1 aliphatic carbocycles. The van der Waals surface area contributed by atoms with Gasteiger partial charge in [-0.25, -0.2) is 0 Å². The van der Waals surface area contributed by atoms with Crippen LogP contribution in [0, 0.1) is 11.3 Å². The van der Waals surface area contributed by atoms with Gasteiger partial charge in [0.1, 0.15) is 0 Å². The van der Waals surface area contributed by atoms with Gasteiger partial charge in [0.05, 0.1) is 0 Å². The fourth-order valence-corrected chi connectivity index (χ4v) is 1.19. The molecule has 0 aliphatic heterocycles. The highest BCUT2D eigenvalue weighted by Gasteiger charge is 2.44. The van der Waals surface area contributed by atoms with E-state index in [4.69, 9.17) is 0 Å². The van der Waals surface area contributed by atoms with Crippen molar-refractivity contribution in [3.05, 3.63) is 0 Å². The molecular weight excluding hydrogens is 122 g/mol. The van der Waals surface area contributed by atoms with Crippen LogP contribution in [-0.2, 0) is 0 Å². The highest BCUT2D eigenvalue weighted by molar-refractivity contribution is 5.01. The van der Waals surface area contributed by atoms with Gasteiger partial charge in [-0.1, -0.05) is 27.7 Å². The molecule has 0 saturated heterocycles. The summed E-state index contributed by atoms with van der Waals surface area (Å²) < 4.78 is 0. The molecule has 1 aliphatic rings. The van der Waals surface area contributed by atoms with Gasteiger partial charge in [0.15, 0.2) is 0 Å². The van der Waals surface area contributed by atoms with Crippen molar-refractivity contribution in [1.29, 1.82) is 0 Å². The molecule has 1 rings (SSSR count). The van der Waals surface area contributed by atoms with E-state index < -0.39 is 0 Å². The van der Waals surface area contributed by atoms with Gasteiger partial charge in [-0.15, -0.1) is 0 Å². The van der Waals surface area contributed by atoms with Gasteiger partial charge in [-0.2, -0.15) is 0 Å². The second-order valence-electron chi connectivity index (χ2n) is 4.55. The minimum Gasteiger partial charge on any atom is -0.313 e. The molecule has 0 aromatic carbocycles. The van der Waals surface area contributed by atoms with Crippen LogP contribution in [0.1, 0.15) is 34.1 Å². The third-order valence-electron chi connectivity index (χ3n) is 2.29. The summed E-state index contributed by atoms with van der Waals surface area (Å²) in [5.41, 5.74) is 0.592. The summed E-state index contributed by atoms with van der Waals surface area (Å²) in [6, 6.07) is 0.801. The van der Waals surface area contributed by atoms with Gasteiger partial charge in [0, 0.05) is 6.04 Å². The first kappa shape index (κ1) is 8.06. The average Bonchev–Trinajstić information content (AvgIpc) is 2.35. The van der Waals surface area contributed by atoms with Crippen LogP contribution in [0.25, 0.3) is 0 Å². The zero-order valence-corrected chi connectivity index (χ0v) is 7.57. The van der Waals surface area contributed by atoms with Crippen LogP contribution in [0.2, 0.25) is 0 Å².